The van der Waals surface area contributed by atoms with E-state index in [4.69, 9.17) is 4.84 Å². The monoisotopic (exact) mass is 168 g/mol. The van der Waals surface area contributed by atoms with Crippen LogP contribution in [0.15, 0.2) is 12.7 Å². The summed E-state index contributed by atoms with van der Waals surface area (Å²) in [6.07, 6.45) is 3.08. The molecule has 0 aliphatic heterocycles. The van der Waals surface area contributed by atoms with Crippen LogP contribution in [0.3, 0.4) is 0 Å². The zero-order valence-electron chi connectivity index (χ0n) is 6.54. The van der Waals surface area contributed by atoms with Crippen LogP contribution >= 0.6 is 0 Å². The molecule has 1 rings (SSSR count). The summed E-state index contributed by atoms with van der Waals surface area (Å²) < 4.78 is 0. The van der Waals surface area contributed by atoms with Crippen molar-refractivity contribution in [3.63, 3.8) is 0 Å². The van der Waals surface area contributed by atoms with Gasteiger partial charge in [-0.2, -0.15) is 15.0 Å². The van der Waals surface area contributed by atoms with Gasteiger partial charge in [0.25, 0.3) is 5.95 Å². The molecule has 1 amide bonds. The van der Waals surface area contributed by atoms with Crippen LogP contribution in [0.1, 0.15) is 6.92 Å². The number of nitrogens with zero attached hydrogens (tertiary/aromatic N) is 4. The molecule has 6 heteroatoms. The molecule has 64 valence electrons. The molecule has 12 heavy (non-hydrogen) atoms. The Morgan fingerprint density at radius 1 is 1.58 bits per heavy atom. The lowest BCUT2D eigenvalue weighted by molar-refractivity contribution is -0.114. The van der Waals surface area contributed by atoms with Gasteiger partial charge in [0.15, 0.2) is 0 Å². The summed E-state index contributed by atoms with van der Waals surface area (Å²) in [6, 6.07) is 0. The van der Waals surface area contributed by atoms with Gasteiger partial charge in [0.05, 0.1) is 6.61 Å². The van der Waals surface area contributed by atoms with Crippen molar-refractivity contribution in [3.05, 3.63) is 12.7 Å². The minimum absolute atomic E-state index is 0.182. The van der Waals surface area contributed by atoms with E-state index in [-0.39, 0.29) is 5.95 Å². The molecule has 1 aromatic rings. The molecule has 0 aliphatic rings. The highest BCUT2D eigenvalue weighted by atomic mass is 16.7. The van der Waals surface area contributed by atoms with E-state index in [9.17, 15) is 4.79 Å². The maximum absolute atomic E-state index is 10.4. The molecule has 0 saturated heterocycles. The molecule has 0 saturated carbocycles. The lowest BCUT2D eigenvalue weighted by atomic mass is 10.8. The van der Waals surface area contributed by atoms with Crippen molar-refractivity contribution in [2.75, 3.05) is 11.7 Å². The molecule has 0 N–H and O–H groups in total. The maximum atomic E-state index is 10.4. The van der Waals surface area contributed by atoms with Crippen LogP contribution in [0.2, 0.25) is 0 Å². The Balaban J connectivity index is 2.73. The fourth-order valence-corrected chi connectivity index (χ4v) is 0.621. The van der Waals surface area contributed by atoms with Gasteiger partial charge in [-0.25, -0.2) is 4.98 Å². The third-order valence-electron chi connectivity index (χ3n) is 1.04. The largest absolute Gasteiger partial charge is 0.276 e. The van der Waals surface area contributed by atoms with Crippen LogP contribution in [0.25, 0.3) is 0 Å². The molecule has 0 atom stereocenters. The van der Waals surface area contributed by atoms with E-state index in [1.165, 1.54) is 12.7 Å². The topological polar surface area (TPSA) is 68.2 Å². The highest BCUT2D eigenvalue weighted by molar-refractivity contribution is 5.67. The number of amides is 1. The molecular weight excluding hydrogens is 160 g/mol. The van der Waals surface area contributed by atoms with E-state index in [1.807, 2.05) is 0 Å². The maximum Gasteiger partial charge on any atom is 0.260 e. The van der Waals surface area contributed by atoms with E-state index in [0.717, 1.165) is 5.06 Å². The molecule has 0 aromatic carbocycles. The van der Waals surface area contributed by atoms with Crippen molar-refractivity contribution in [2.45, 2.75) is 6.92 Å². The molecule has 0 unspecified atom stereocenters. The zero-order chi connectivity index (χ0) is 8.81. The first-order valence-corrected chi connectivity index (χ1v) is 3.38. The smallest absolute Gasteiger partial charge is 0.260 e. The number of rotatable bonds is 4. The van der Waals surface area contributed by atoms with Crippen LogP contribution in [0.5, 0.6) is 0 Å². The molecular formula is C6H8N4O2. The highest BCUT2D eigenvalue weighted by Gasteiger charge is 2.06. The predicted octanol–water partition coefficient (Wildman–Crippen LogP) is -0.214. The molecule has 1 heterocycles. The fraction of sp³-hybridized carbons (Fsp3) is 0.333. The molecule has 0 spiro atoms. The highest BCUT2D eigenvalue weighted by Crippen LogP contribution is 2.00. The molecule has 6 nitrogen and oxygen atoms in total. The average molecular weight is 168 g/mol. The number of hydroxylamine groups is 1. The van der Waals surface area contributed by atoms with Crippen LogP contribution in [0.4, 0.5) is 5.95 Å². The summed E-state index contributed by atoms with van der Waals surface area (Å²) in [6.45, 7) is 2.14. The van der Waals surface area contributed by atoms with Gasteiger partial charge in [0, 0.05) is 0 Å². The van der Waals surface area contributed by atoms with Crippen LogP contribution < -0.4 is 5.06 Å². The minimum Gasteiger partial charge on any atom is -0.276 e. The van der Waals surface area contributed by atoms with Crippen LogP contribution in [0, 0.1) is 0 Å². The van der Waals surface area contributed by atoms with Crippen LogP contribution in [-0.2, 0) is 9.63 Å². The Bertz CT molecular complexity index is 241. The lowest BCUT2D eigenvalue weighted by Crippen LogP contribution is -2.23. The van der Waals surface area contributed by atoms with Gasteiger partial charge < -0.3 is 0 Å². The molecule has 0 radical (unpaired) electrons. The van der Waals surface area contributed by atoms with Crippen molar-refractivity contribution in [3.8, 4) is 0 Å². The first-order valence-electron chi connectivity index (χ1n) is 3.38. The van der Waals surface area contributed by atoms with Gasteiger partial charge in [-0.1, -0.05) is 0 Å². The summed E-state index contributed by atoms with van der Waals surface area (Å²) in [7, 11) is 0. The second-order valence-corrected chi connectivity index (χ2v) is 1.79. The van der Waals surface area contributed by atoms with Gasteiger partial charge in [-0.3, -0.25) is 9.63 Å². The van der Waals surface area contributed by atoms with E-state index in [0.29, 0.717) is 13.0 Å². The van der Waals surface area contributed by atoms with Crippen molar-refractivity contribution >= 4 is 12.4 Å². The second kappa shape index (κ2) is 4.35. The van der Waals surface area contributed by atoms with Crippen molar-refractivity contribution in [2.24, 2.45) is 0 Å². The van der Waals surface area contributed by atoms with E-state index >= 15 is 0 Å². The minimum atomic E-state index is 0.182. The SMILES string of the molecule is CCON(C=O)c1ncncn1. The lowest BCUT2D eigenvalue weighted by Gasteiger charge is -2.11. The van der Waals surface area contributed by atoms with E-state index in [2.05, 4.69) is 15.0 Å². The molecule has 0 aliphatic carbocycles. The van der Waals surface area contributed by atoms with Crippen molar-refractivity contribution < 1.29 is 9.63 Å². The standard InChI is InChI=1S/C6H8N4O2/c1-2-12-10(5-11)6-8-3-7-4-9-6/h3-5H,2H2,1H3. The van der Waals surface area contributed by atoms with Gasteiger partial charge in [-0.05, 0) is 6.92 Å². The normalized spacial score (nSPS) is 9.42. The summed E-state index contributed by atoms with van der Waals surface area (Å²) >= 11 is 0. The molecule has 0 bridgehead atoms. The number of carbonyl (C=O) groups is 1. The van der Waals surface area contributed by atoms with Gasteiger partial charge in [-0.15, -0.1) is 0 Å². The Labute approximate surface area is 69.2 Å². The number of anilines is 1. The Hall–Kier alpha value is -1.56. The number of hydrogen-bond donors (Lipinski definition) is 0. The fourth-order valence-electron chi connectivity index (χ4n) is 0.621. The first-order chi connectivity index (χ1) is 5.88. The van der Waals surface area contributed by atoms with Gasteiger partial charge >= 0.3 is 0 Å². The number of aromatic nitrogens is 3. The Kier molecular flexibility index (Phi) is 3.09. The summed E-state index contributed by atoms with van der Waals surface area (Å²) in [4.78, 5) is 26.3. The van der Waals surface area contributed by atoms with Gasteiger partial charge in [0.2, 0.25) is 6.41 Å². The zero-order valence-corrected chi connectivity index (χ0v) is 6.54. The molecule has 1 aromatic heterocycles. The van der Waals surface area contributed by atoms with Crippen LogP contribution in [-0.4, -0.2) is 28.0 Å². The summed E-state index contributed by atoms with van der Waals surface area (Å²) in [5.74, 6) is 0.182. The summed E-state index contributed by atoms with van der Waals surface area (Å²) in [5, 5.41) is 0.946. The Morgan fingerprint density at radius 3 is 2.75 bits per heavy atom. The van der Waals surface area contributed by atoms with Crippen molar-refractivity contribution in [1.82, 2.24) is 15.0 Å². The first kappa shape index (κ1) is 8.54. The molecule has 0 fully saturated rings. The summed E-state index contributed by atoms with van der Waals surface area (Å²) in [5.41, 5.74) is 0. The second-order valence-electron chi connectivity index (χ2n) is 1.79. The number of carbonyl (C=O) groups excluding carboxylic acids is 1. The third kappa shape index (κ3) is 1.96. The van der Waals surface area contributed by atoms with Crippen molar-refractivity contribution in [1.29, 1.82) is 0 Å². The average Bonchev–Trinajstić information content (AvgIpc) is 2.15. The quantitative estimate of drug-likeness (QED) is 0.459. The van der Waals surface area contributed by atoms with E-state index in [1.54, 1.807) is 6.92 Å². The third-order valence-corrected chi connectivity index (χ3v) is 1.04. The Morgan fingerprint density at radius 2 is 2.25 bits per heavy atom. The van der Waals surface area contributed by atoms with E-state index < -0.39 is 0 Å². The predicted molar refractivity (Wildman–Crippen MR) is 40.0 cm³/mol. The van der Waals surface area contributed by atoms with Gasteiger partial charge in [0.1, 0.15) is 12.7 Å². The number of hydrogen-bond acceptors (Lipinski definition) is 5.